The SMILES string of the molecule is O=C(O)[C@H]1C[C@@H](O)CN1C(=O)C1CCC(C(F)(F)F)CC1. The molecule has 2 N–H and O–H groups in total. The van der Waals surface area contributed by atoms with Crippen LogP contribution in [0.15, 0.2) is 0 Å². The van der Waals surface area contributed by atoms with Crippen molar-refractivity contribution in [3.05, 3.63) is 0 Å². The summed E-state index contributed by atoms with van der Waals surface area (Å²) in [6.45, 7) is -0.0605. The summed E-state index contributed by atoms with van der Waals surface area (Å²) < 4.78 is 37.8. The summed E-state index contributed by atoms with van der Waals surface area (Å²) in [6, 6.07) is -1.08. The second-order valence-electron chi connectivity index (χ2n) is 5.82. The maximum absolute atomic E-state index is 12.6. The number of carboxylic acids is 1. The molecule has 2 fully saturated rings. The molecule has 8 heteroatoms. The van der Waals surface area contributed by atoms with Gasteiger partial charge in [-0.3, -0.25) is 4.79 Å². The van der Waals surface area contributed by atoms with E-state index in [1.807, 2.05) is 0 Å². The van der Waals surface area contributed by atoms with E-state index >= 15 is 0 Å². The first-order chi connectivity index (χ1) is 9.70. The van der Waals surface area contributed by atoms with E-state index in [9.17, 15) is 27.9 Å². The van der Waals surface area contributed by atoms with Crippen LogP contribution < -0.4 is 0 Å². The van der Waals surface area contributed by atoms with Crippen LogP contribution in [0.4, 0.5) is 13.2 Å². The minimum Gasteiger partial charge on any atom is -0.480 e. The zero-order valence-corrected chi connectivity index (χ0v) is 11.3. The van der Waals surface area contributed by atoms with E-state index in [1.54, 1.807) is 0 Å². The van der Waals surface area contributed by atoms with Crippen molar-refractivity contribution in [3.63, 3.8) is 0 Å². The third kappa shape index (κ3) is 3.48. The molecule has 1 amide bonds. The molecule has 0 aromatic heterocycles. The van der Waals surface area contributed by atoms with Crippen molar-refractivity contribution in [2.24, 2.45) is 11.8 Å². The molecule has 1 saturated carbocycles. The van der Waals surface area contributed by atoms with Crippen LogP contribution in [-0.4, -0.2) is 51.9 Å². The van der Waals surface area contributed by atoms with Gasteiger partial charge in [0.15, 0.2) is 0 Å². The van der Waals surface area contributed by atoms with Crippen LogP contribution in [0.5, 0.6) is 0 Å². The number of hydrogen-bond acceptors (Lipinski definition) is 3. The first kappa shape index (κ1) is 16.1. The summed E-state index contributed by atoms with van der Waals surface area (Å²) in [5.41, 5.74) is 0. The Labute approximate surface area is 119 Å². The Bertz CT molecular complexity index is 418. The zero-order chi connectivity index (χ0) is 15.8. The predicted molar refractivity (Wildman–Crippen MR) is 65.3 cm³/mol. The van der Waals surface area contributed by atoms with Gasteiger partial charge < -0.3 is 15.1 Å². The molecule has 0 unspecified atom stereocenters. The molecule has 0 aromatic carbocycles. The molecule has 0 spiro atoms. The molecular formula is C13H18F3NO4. The normalized spacial score (nSPS) is 34.0. The van der Waals surface area contributed by atoms with Crippen molar-refractivity contribution in [2.75, 3.05) is 6.54 Å². The number of alkyl halides is 3. The number of rotatable bonds is 2. The third-order valence-electron chi connectivity index (χ3n) is 4.39. The Balaban J connectivity index is 1.97. The summed E-state index contributed by atoms with van der Waals surface area (Å²) in [7, 11) is 0. The topological polar surface area (TPSA) is 77.8 Å². The van der Waals surface area contributed by atoms with Gasteiger partial charge in [0.2, 0.25) is 5.91 Å². The van der Waals surface area contributed by atoms with Gasteiger partial charge in [-0.15, -0.1) is 0 Å². The van der Waals surface area contributed by atoms with Gasteiger partial charge in [-0.1, -0.05) is 0 Å². The number of likely N-dealkylation sites (tertiary alicyclic amines) is 1. The van der Waals surface area contributed by atoms with E-state index in [4.69, 9.17) is 5.11 Å². The van der Waals surface area contributed by atoms with Gasteiger partial charge in [0.1, 0.15) is 6.04 Å². The summed E-state index contributed by atoms with van der Waals surface area (Å²) in [5.74, 6) is -3.58. The van der Waals surface area contributed by atoms with Crippen molar-refractivity contribution in [1.29, 1.82) is 0 Å². The zero-order valence-electron chi connectivity index (χ0n) is 11.3. The van der Waals surface area contributed by atoms with Crippen LogP contribution >= 0.6 is 0 Å². The molecule has 0 radical (unpaired) electrons. The van der Waals surface area contributed by atoms with Crippen LogP contribution in [0.2, 0.25) is 0 Å². The Kier molecular flexibility index (Phi) is 4.46. The molecule has 1 aliphatic carbocycles. The fourth-order valence-corrected chi connectivity index (χ4v) is 3.19. The van der Waals surface area contributed by atoms with E-state index in [2.05, 4.69) is 0 Å². The first-order valence-corrected chi connectivity index (χ1v) is 6.98. The molecule has 21 heavy (non-hydrogen) atoms. The van der Waals surface area contributed by atoms with Gasteiger partial charge in [-0.25, -0.2) is 4.79 Å². The van der Waals surface area contributed by atoms with Crippen LogP contribution in [0.25, 0.3) is 0 Å². The maximum Gasteiger partial charge on any atom is 0.391 e. The quantitative estimate of drug-likeness (QED) is 0.808. The van der Waals surface area contributed by atoms with Crippen molar-refractivity contribution < 1.29 is 33.0 Å². The van der Waals surface area contributed by atoms with Gasteiger partial charge in [0.25, 0.3) is 0 Å². The molecule has 2 atom stereocenters. The summed E-state index contributed by atoms with van der Waals surface area (Å²) in [4.78, 5) is 24.5. The monoisotopic (exact) mass is 309 g/mol. The van der Waals surface area contributed by atoms with Gasteiger partial charge >= 0.3 is 12.1 Å². The molecule has 2 aliphatic rings. The Morgan fingerprint density at radius 1 is 1.10 bits per heavy atom. The highest BCUT2D eigenvalue weighted by Crippen LogP contribution is 2.40. The minimum atomic E-state index is -4.23. The highest BCUT2D eigenvalue weighted by molar-refractivity contribution is 5.85. The van der Waals surface area contributed by atoms with Crippen molar-refractivity contribution in [2.45, 2.75) is 50.4 Å². The van der Waals surface area contributed by atoms with Crippen LogP contribution in [0, 0.1) is 11.8 Å². The fraction of sp³-hybridized carbons (Fsp3) is 0.846. The number of carbonyl (C=O) groups is 2. The van der Waals surface area contributed by atoms with Crippen LogP contribution in [0.3, 0.4) is 0 Å². The number of amides is 1. The predicted octanol–water partition coefficient (Wildman–Crippen LogP) is 1.40. The highest BCUT2D eigenvalue weighted by atomic mass is 19.4. The average molecular weight is 309 g/mol. The summed E-state index contributed by atoms with van der Waals surface area (Å²) >= 11 is 0. The fourth-order valence-electron chi connectivity index (χ4n) is 3.19. The van der Waals surface area contributed by atoms with Crippen molar-refractivity contribution in [1.82, 2.24) is 4.90 Å². The van der Waals surface area contributed by atoms with Gasteiger partial charge in [0, 0.05) is 18.9 Å². The molecular weight excluding hydrogens is 291 g/mol. The average Bonchev–Trinajstić information content (AvgIpc) is 2.79. The van der Waals surface area contributed by atoms with E-state index in [-0.39, 0.29) is 38.6 Å². The molecule has 1 heterocycles. The number of aliphatic hydroxyl groups is 1. The molecule has 5 nitrogen and oxygen atoms in total. The second-order valence-corrected chi connectivity index (χ2v) is 5.82. The molecule has 120 valence electrons. The van der Waals surface area contributed by atoms with E-state index in [0.717, 1.165) is 4.90 Å². The molecule has 0 bridgehead atoms. The van der Waals surface area contributed by atoms with Crippen LogP contribution in [0.1, 0.15) is 32.1 Å². The lowest BCUT2D eigenvalue weighted by molar-refractivity contribution is -0.185. The largest absolute Gasteiger partial charge is 0.480 e. The number of carbonyl (C=O) groups excluding carboxylic acids is 1. The molecule has 2 rings (SSSR count). The number of aliphatic carboxylic acids is 1. The minimum absolute atomic E-state index is 0.0288. The van der Waals surface area contributed by atoms with Gasteiger partial charge in [-0.05, 0) is 25.7 Å². The smallest absolute Gasteiger partial charge is 0.391 e. The summed E-state index contributed by atoms with van der Waals surface area (Å²) in [6.07, 6.45) is -5.13. The maximum atomic E-state index is 12.6. The Hall–Kier alpha value is -1.31. The molecule has 1 saturated heterocycles. The summed E-state index contributed by atoms with van der Waals surface area (Å²) in [5, 5.41) is 18.6. The molecule has 1 aliphatic heterocycles. The number of nitrogens with zero attached hydrogens (tertiary/aromatic N) is 1. The highest BCUT2D eigenvalue weighted by Gasteiger charge is 2.45. The van der Waals surface area contributed by atoms with E-state index in [1.165, 1.54) is 0 Å². The number of hydrogen-bond donors (Lipinski definition) is 2. The lowest BCUT2D eigenvalue weighted by Gasteiger charge is -2.32. The molecule has 0 aromatic rings. The lowest BCUT2D eigenvalue weighted by Crippen LogP contribution is -2.45. The van der Waals surface area contributed by atoms with Gasteiger partial charge in [-0.2, -0.15) is 13.2 Å². The third-order valence-corrected chi connectivity index (χ3v) is 4.39. The van der Waals surface area contributed by atoms with E-state index < -0.39 is 42.0 Å². The number of β-amino-alcohol motifs (C(OH)–C–C–N with tert-alkyl or cyclic N) is 1. The second kappa shape index (κ2) is 5.82. The standard InChI is InChI=1S/C13H18F3NO4/c14-13(15,16)8-3-1-7(2-4-8)11(19)17-6-9(18)5-10(17)12(20)21/h7-10,18H,1-6H2,(H,20,21)/t7?,8?,9-,10-/m1/s1. The first-order valence-electron chi connectivity index (χ1n) is 6.98. The van der Waals surface area contributed by atoms with Crippen LogP contribution in [-0.2, 0) is 9.59 Å². The van der Waals surface area contributed by atoms with Gasteiger partial charge in [0.05, 0.1) is 12.0 Å². The van der Waals surface area contributed by atoms with E-state index in [0.29, 0.717) is 0 Å². The number of aliphatic hydroxyl groups excluding tert-OH is 1. The number of halogens is 3. The number of carboxylic acid groups (broad SMARTS) is 1. The van der Waals surface area contributed by atoms with Crippen molar-refractivity contribution >= 4 is 11.9 Å². The van der Waals surface area contributed by atoms with Crippen molar-refractivity contribution in [3.8, 4) is 0 Å². The Morgan fingerprint density at radius 2 is 1.67 bits per heavy atom. The lowest BCUT2D eigenvalue weighted by atomic mass is 9.81. The Morgan fingerprint density at radius 3 is 2.14 bits per heavy atom.